The SMILES string of the molecule is OCCCNc1nc(NCc2ccccc2)cc(-c2cccnc2)n1. The lowest BCUT2D eigenvalue weighted by Gasteiger charge is -2.11. The molecule has 3 aromatic rings. The average Bonchev–Trinajstić information content (AvgIpc) is 2.68. The van der Waals surface area contributed by atoms with E-state index in [4.69, 9.17) is 5.11 Å². The Hall–Kier alpha value is -2.99. The van der Waals surface area contributed by atoms with E-state index in [2.05, 4.69) is 37.7 Å². The summed E-state index contributed by atoms with van der Waals surface area (Å²) < 4.78 is 0. The number of hydrogen-bond acceptors (Lipinski definition) is 6. The Morgan fingerprint density at radius 1 is 0.960 bits per heavy atom. The van der Waals surface area contributed by atoms with Gasteiger partial charge in [0.05, 0.1) is 5.69 Å². The van der Waals surface area contributed by atoms with Crippen LogP contribution in [-0.2, 0) is 6.54 Å². The maximum Gasteiger partial charge on any atom is 0.225 e. The summed E-state index contributed by atoms with van der Waals surface area (Å²) in [4.78, 5) is 13.2. The third-order valence-corrected chi connectivity index (χ3v) is 3.62. The molecule has 0 amide bonds. The number of benzene rings is 1. The zero-order chi connectivity index (χ0) is 17.3. The minimum atomic E-state index is 0.133. The van der Waals surface area contributed by atoms with Gasteiger partial charge in [-0.2, -0.15) is 4.98 Å². The van der Waals surface area contributed by atoms with Crippen molar-refractivity contribution in [1.82, 2.24) is 15.0 Å². The smallest absolute Gasteiger partial charge is 0.225 e. The van der Waals surface area contributed by atoms with Crippen LogP contribution in [0.25, 0.3) is 11.3 Å². The van der Waals surface area contributed by atoms with Crippen molar-refractivity contribution in [1.29, 1.82) is 0 Å². The molecule has 0 radical (unpaired) electrons. The Morgan fingerprint density at radius 3 is 2.60 bits per heavy atom. The van der Waals surface area contributed by atoms with Crippen LogP contribution in [0.1, 0.15) is 12.0 Å². The second kappa shape index (κ2) is 8.75. The Labute approximate surface area is 147 Å². The summed E-state index contributed by atoms with van der Waals surface area (Å²) in [5, 5.41) is 15.4. The van der Waals surface area contributed by atoms with Crippen molar-refractivity contribution >= 4 is 11.8 Å². The number of pyridine rings is 1. The molecule has 0 fully saturated rings. The summed E-state index contributed by atoms with van der Waals surface area (Å²) in [5.41, 5.74) is 2.90. The van der Waals surface area contributed by atoms with Gasteiger partial charge in [-0.1, -0.05) is 30.3 Å². The van der Waals surface area contributed by atoms with E-state index in [1.807, 2.05) is 36.4 Å². The van der Waals surface area contributed by atoms with Crippen molar-refractivity contribution < 1.29 is 5.11 Å². The molecule has 0 atom stereocenters. The number of nitrogens with one attached hydrogen (secondary N) is 2. The second-order valence-corrected chi connectivity index (χ2v) is 5.55. The fourth-order valence-corrected chi connectivity index (χ4v) is 2.35. The van der Waals surface area contributed by atoms with Crippen LogP contribution in [0, 0.1) is 0 Å². The zero-order valence-electron chi connectivity index (χ0n) is 13.9. The predicted molar refractivity (Wildman–Crippen MR) is 99.2 cm³/mol. The molecular weight excluding hydrogens is 314 g/mol. The van der Waals surface area contributed by atoms with Crippen molar-refractivity contribution in [2.75, 3.05) is 23.8 Å². The minimum absolute atomic E-state index is 0.133. The average molecular weight is 335 g/mol. The van der Waals surface area contributed by atoms with E-state index in [1.165, 1.54) is 5.56 Å². The van der Waals surface area contributed by atoms with Gasteiger partial charge < -0.3 is 15.7 Å². The monoisotopic (exact) mass is 335 g/mol. The van der Waals surface area contributed by atoms with E-state index in [9.17, 15) is 0 Å². The van der Waals surface area contributed by atoms with Crippen molar-refractivity contribution in [3.8, 4) is 11.3 Å². The quantitative estimate of drug-likeness (QED) is 0.549. The van der Waals surface area contributed by atoms with E-state index in [-0.39, 0.29) is 6.61 Å². The van der Waals surface area contributed by atoms with Gasteiger partial charge in [0.15, 0.2) is 0 Å². The summed E-state index contributed by atoms with van der Waals surface area (Å²) in [6.07, 6.45) is 4.16. The third-order valence-electron chi connectivity index (χ3n) is 3.62. The van der Waals surface area contributed by atoms with Crippen LogP contribution in [-0.4, -0.2) is 33.2 Å². The minimum Gasteiger partial charge on any atom is -0.396 e. The molecule has 0 aliphatic carbocycles. The molecule has 0 aliphatic heterocycles. The Kier molecular flexibility index (Phi) is 5.90. The van der Waals surface area contributed by atoms with Gasteiger partial charge in [-0.05, 0) is 24.1 Å². The highest BCUT2D eigenvalue weighted by Crippen LogP contribution is 2.21. The lowest BCUT2D eigenvalue weighted by atomic mass is 10.2. The first-order chi connectivity index (χ1) is 12.3. The summed E-state index contributed by atoms with van der Waals surface area (Å²) in [5.74, 6) is 1.27. The summed E-state index contributed by atoms with van der Waals surface area (Å²) in [6.45, 7) is 1.43. The molecule has 0 aliphatic rings. The first-order valence-corrected chi connectivity index (χ1v) is 8.27. The Bertz CT molecular complexity index is 780. The molecule has 1 aromatic carbocycles. The van der Waals surface area contributed by atoms with Crippen LogP contribution in [0.4, 0.5) is 11.8 Å². The van der Waals surface area contributed by atoms with Gasteiger partial charge in [0.1, 0.15) is 5.82 Å². The van der Waals surface area contributed by atoms with Crippen LogP contribution >= 0.6 is 0 Å². The molecule has 3 N–H and O–H groups in total. The largest absolute Gasteiger partial charge is 0.396 e. The molecule has 3 rings (SSSR count). The molecule has 2 heterocycles. The molecule has 128 valence electrons. The molecule has 6 nitrogen and oxygen atoms in total. The highest BCUT2D eigenvalue weighted by molar-refractivity contribution is 5.63. The Balaban J connectivity index is 1.81. The van der Waals surface area contributed by atoms with Crippen LogP contribution in [0.5, 0.6) is 0 Å². The highest BCUT2D eigenvalue weighted by Gasteiger charge is 2.07. The van der Waals surface area contributed by atoms with Gasteiger partial charge in [0.25, 0.3) is 0 Å². The first kappa shape index (κ1) is 16.9. The van der Waals surface area contributed by atoms with Gasteiger partial charge in [0, 0.05) is 43.7 Å². The van der Waals surface area contributed by atoms with Crippen molar-refractivity contribution in [3.05, 3.63) is 66.5 Å². The van der Waals surface area contributed by atoms with Gasteiger partial charge in [-0.3, -0.25) is 4.98 Å². The fraction of sp³-hybridized carbons (Fsp3) is 0.211. The standard InChI is InChI=1S/C19H21N5O/c25-11-5-10-21-19-23-17(16-8-4-9-20-14-16)12-18(24-19)22-13-15-6-2-1-3-7-15/h1-4,6-9,12,14,25H,5,10-11,13H2,(H2,21,22,23,24). The number of hydrogen-bond donors (Lipinski definition) is 3. The van der Waals surface area contributed by atoms with E-state index >= 15 is 0 Å². The van der Waals surface area contributed by atoms with Crippen LogP contribution in [0.15, 0.2) is 60.9 Å². The number of nitrogens with zero attached hydrogens (tertiary/aromatic N) is 3. The lowest BCUT2D eigenvalue weighted by molar-refractivity contribution is 0.292. The molecule has 0 saturated heterocycles. The maximum atomic E-state index is 8.94. The Morgan fingerprint density at radius 2 is 1.84 bits per heavy atom. The molecule has 0 unspecified atom stereocenters. The highest BCUT2D eigenvalue weighted by atomic mass is 16.3. The molecule has 0 bridgehead atoms. The van der Waals surface area contributed by atoms with Crippen molar-refractivity contribution in [2.24, 2.45) is 0 Å². The number of aromatic nitrogens is 3. The number of aliphatic hydroxyl groups is 1. The number of rotatable bonds is 8. The van der Waals surface area contributed by atoms with Crippen LogP contribution in [0.3, 0.4) is 0 Å². The zero-order valence-corrected chi connectivity index (χ0v) is 13.9. The topological polar surface area (TPSA) is 83.0 Å². The molecule has 0 spiro atoms. The van der Waals surface area contributed by atoms with E-state index in [0.29, 0.717) is 25.5 Å². The fourth-order valence-electron chi connectivity index (χ4n) is 2.35. The molecular formula is C19H21N5O. The van der Waals surface area contributed by atoms with Gasteiger partial charge in [0.2, 0.25) is 5.95 Å². The summed E-state index contributed by atoms with van der Waals surface area (Å²) in [6, 6.07) is 15.9. The first-order valence-electron chi connectivity index (χ1n) is 8.27. The van der Waals surface area contributed by atoms with E-state index in [0.717, 1.165) is 17.1 Å². The van der Waals surface area contributed by atoms with Crippen molar-refractivity contribution in [2.45, 2.75) is 13.0 Å². The molecule has 6 heteroatoms. The maximum absolute atomic E-state index is 8.94. The normalized spacial score (nSPS) is 10.4. The summed E-state index contributed by atoms with van der Waals surface area (Å²) >= 11 is 0. The van der Waals surface area contributed by atoms with Gasteiger partial charge in [-0.15, -0.1) is 0 Å². The molecule has 2 aromatic heterocycles. The van der Waals surface area contributed by atoms with Crippen LogP contribution in [0.2, 0.25) is 0 Å². The lowest BCUT2D eigenvalue weighted by Crippen LogP contribution is -2.10. The van der Waals surface area contributed by atoms with Crippen LogP contribution < -0.4 is 10.6 Å². The van der Waals surface area contributed by atoms with Gasteiger partial charge >= 0.3 is 0 Å². The molecule has 0 saturated carbocycles. The third kappa shape index (κ3) is 4.99. The van der Waals surface area contributed by atoms with Crippen molar-refractivity contribution in [3.63, 3.8) is 0 Å². The molecule has 25 heavy (non-hydrogen) atoms. The second-order valence-electron chi connectivity index (χ2n) is 5.55. The summed E-state index contributed by atoms with van der Waals surface area (Å²) in [7, 11) is 0. The van der Waals surface area contributed by atoms with E-state index < -0.39 is 0 Å². The van der Waals surface area contributed by atoms with Gasteiger partial charge in [-0.25, -0.2) is 4.98 Å². The number of aliphatic hydroxyl groups excluding tert-OH is 1. The predicted octanol–water partition coefficient (Wildman–Crippen LogP) is 2.95. The number of anilines is 2. The van der Waals surface area contributed by atoms with E-state index in [1.54, 1.807) is 12.4 Å².